The maximum atomic E-state index is 13.1. The van der Waals surface area contributed by atoms with Crippen LogP contribution in [-0.4, -0.2) is 4.57 Å². The highest BCUT2D eigenvalue weighted by atomic mass is 16.3. The standard InChI is InChI=1S/C31H17NO3/c33-30-22-9-3-6-12-27(22)34-28-17-18(13-14-23(28)30)32-24-10-4-1-8-21(24)29-25(32)16-15-20-19-7-2-5-11-26(19)35-31(20)29/h1-17H. The monoisotopic (exact) mass is 451 g/mol. The van der Waals surface area contributed by atoms with Crippen LogP contribution in [0.2, 0.25) is 0 Å². The Morgan fingerprint density at radius 3 is 2.03 bits per heavy atom. The molecule has 3 heterocycles. The van der Waals surface area contributed by atoms with Gasteiger partial charge < -0.3 is 13.4 Å². The van der Waals surface area contributed by atoms with Crippen molar-refractivity contribution >= 4 is 65.7 Å². The fourth-order valence-corrected chi connectivity index (χ4v) is 5.44. The van der Waals surface area contributed by atoms with Gasteiger partial charge in [0.15, 0.2) is 0 Å². The Kier molecular flexibility index (Phi) is 3.51. The molecule has 0 bridgehead atoms. The van der Waals surface area contributed by atoms with Crippen LogP contribution < -0.4 is 5.43 Å². The van der Waals surface area contributed by atoms with Crippen LogP contribution in [0.15, 0.2) is 117 Å². The molecule has 0 saturated heterocycles. The van der Waals surface area contributed by atoms with Gasteiger partial charge in [-0.3, -0.25) is 4.79 Å². The smallest absolute Gasteiger partial charge is 0.200 e. The molecular formula is C31H17NO3. The van der Waals surface area contributed by atoms with Crippen LogP contribution in [0.1, 0.15) is 0 Å². The van der Waals surface area contributed by atoms with Crippen LogP contribution in [0.25, 0.3) is 71.4 Å². The lowest BCUT2D eigenvalue weighted by Gasteiger charge is -2.09. The van der Waals surface area contributed by atoms with E-state index >= 15 is 0 Å². The fraction of sp³-hybridized carbons (Fsp3) is 0. The van der Waals surface area contributed by atoms with E-state index in [9.17, 15) is 4.79 Å². The first-order valence-corrected chi connectivity index (χ1v) is 11.6. The zero-order valence-corrected chi connectivity index (χ0v) is 18.5. The van der Waals surface area contributed by atoms with E-state index in [-0.39, 0.29) is 5.43 Å². The molecule has 164 valence electrons. The number of hydrogen-bond acceptors (Lipinski definition) is 3. The lowest BCUT2D eigenvalue weighted by atomic mass is 10.1. The molecule has 3 aromatic heterocycles. The Morgan fingerprint density at radius 1 is 0.514 bits per heavy atom. The molecule has 35 heavy (non-hydrogen) atoms. The number of benzene rings is 5. The molecule has 0 aliphatic rings. The van der Waals surface area contributed by atoms with Crippen molar-refractivity contribution in [3.8, 4) is 5.69 Å². The third-order valence-electron chi connectivity index (χ3n) is 7.00. The summed E-state index contributed by atoms with van der Waals surface area (Å²) in [7, 11) is 0. The van der Waals surface area contributed by atoms with E-state index in [1.54, 1.807) is 6.07 Å². The van der Waals surface area contributed by atoms with Crippen molar-refractivity contribution in [3.63, 3.8) is 0 Å². The molecule has 0 unspecified atom stereocenters. The maximum Gasteiger partial charge on any atom is 0.200 e. The Bertz CT molecular complexity index is 2190. The molecule has 4 nitrogen and oxygen atoms in total. The quantitative estimate of drug-likeness (QED) is 0.238. The molecule has 0 N–H and O–H groups in total. The summed E-state index contributed by atoms with van der Waals surface area (Å²) < 4.78 is 14.8. The van der Waals surface area contributed by atoms with Crippen molar-refractivity contribution in [2.75, 3.05) is 0 Å². The van der Waals surface area contributed by atoms with Crippen molar-refractivity contribution in [2.24, 2.45) is 0 Å². The summed E-state index contributed by atoms with van der Waals surface area (Å²) in [6.07, 6.45) is 0. The highest BCUT2D eigenvalue weighted by Gasteiger charge is 2.19. The van der Waals surface area contributed by atoms with Crippen molar-refractivity contribution < 1.29 is 8.83 Å². The number of rotatable bonds is 1. The Morgan fingerprint density at radius 2 is 1.17 bits per heavy atom. The minimum atomic E-state index is -0.0143. The number of fused-ring (bicyclic) bond motifs is 9. The molecule has 0 fully saturated rings. The van der Waals surface area contributed by atoms with E-state index in [0.29, 0.717) is 21.9 Å². The van der Waals surface area contributed by atoms with Gasteiger partial charge in [-0.2, -0.15) is 0 Å². The number of para-hydroxylation sites is 3. The summed E-state index contributed by atoms with van der Waals surface area (Å²) in [5.74, 6) is 0. The predicted molar refractivity (Wildman–Crippen MR) is 142 cm³/mol. The van der Waals surface area contributed by atoms with Gasteiger partial charge in [0, 0.05) is 27.9 Å². The van der Waals surface area contributed by atoms with Gasteiger partial charge in [0.25, 0.3) is 0 Å². The van der Waals surface area contributed by atoms with E-state index in [1.807, 2.05) is 60.7 Å². The topological polar surface area (TPSA) is 48.3 Å². The molecule has 0 saturated carbocycles. The van der Waals surface area contributed by atoms with Gasteiger partial charge >= 0.3 is 0 Å². The van der Waals surface area contributed by atoms with Gasteiger partial charge in [-0.15, -0.1) is 0 Å². The first kappa shape index (κ1) is 18.6. The lowest BCUT2D eigenvalue weighted by molar-refractivity contribution is 0.659. The predicted octanol–water partition coefficient (Wildman–Crippen LogP) is 7.94. The van der Waals surface area contributed by atoms with Gasteiger partial charge in [0.2, 0.25) is 5.43 Å². The average molecular weight is 451 g/mol. The maximum absolute atomic E-state index is 13.1. The Labute approximate surface area is 198 Å². The number of nitrogens with zero attached hydrogens (tertiary/aromatic N) is 1. The molecule has 0 aliphatic heterocycles. The zero-order chi connectivity index (χ0) is 23.1. The summed E-state index contributed by atoms with van der Waals surface area (Å²) in [5.41, 5.74) is 5.95. The van der Waals surface area contributed by atoms with Gasteiger partial charge in [0.05, 0.1) is 27.2 Å². The number of hydrogen-bond donors (Lipinski definition) is 0. The van der Waals surface area contributed by atoms with Crippen molar-refractivity contribution in [3.05, 3.63) is 113 Å². The minimum Gasteiger partial charge on any atom is -0.456 e. The average Bonchev–Trinajstić information content (AvgIpc) is 3.44. The molecular weight excluding hydrogens is 434 g/mol. The van der Waals surface area contributed by atoms with E-state index in [2.05, 4.69) is 41.0 Å². The van der Waals surface area contributed by atoms with E-state index in [1.165, 1.54) is 0 Å². The highest BCUT2D eigenvalue weighted by Crippen LogP contribution is 2.40. The molecule has 0 spiro atoms. The molecule has 0 radical (unpaired) electrons. The molecule has 5 aromatic carbocycles. The zero-order valence-electron chi connectivity index (χ0n) is 18.5. The van der Waals surface area contributed by atoms with Gasteiger partial charge in [0.1, 0.15) is 22.3 Å². The van der Waals surface area contributed by atoms with Crippen LogP contribution in [0, 0.1) is 0 Å². The summed E-state index contributed by atoms with van der Waals surface area (Å²) in [5, 5.41) is 5.58. The third-order valence-corrected chi connectivity index (χ3v) is 7.00. The van der Waals surface area contributed by atoms with E-state index < -0.39 is 0 Å². The third kappa shape index (κ3) is 2.43. The summed E-state index contributed by atoms with van der Waals surface area (Å²) in [6, 6.07) is 34.0. The highest BCUT2D eigenvalue weighted by molar-refractivity contribution is 6.23. The molecule has 8 rings (SSSR count). The van der Waals surface area contributed by atoms with Gasteiger partial charge in [-0.05, 0) is 48.5 Å². The van der Waals surface area contributed by atoms with Crippen LogP contribution in [-0.2, 0) is 0 Å². The van der Waals surface area contributed by atoms with Gasteiger partial charge in [-0.25, -0.2) is 0 Å². The first-order valence-electron chi connectivity index (χ1n) is 11.6. The van der Waals surface area contributed by atoms with Crippen molar-refractivity contribution in [1.82, 2.24) is 4.57 Å². The molecule has 0 atom stereocenters. The molecule has 8 aromatic rings. The van der Waals surface area contributed by atoms with E-state index in [0.717, 1.165) is 49.4 Å². The van der Waals surface area contributed by atoms with Crippen molar-refractivity contribution in [1.29, 1.82) is 0 Å². The summed E-state index contributed by atoms with van der Waals surface area (Å²) in [4.78, 5) is 13.1. The number of aromatic nitrogens is 1. The fourth-order valence-electron chi connectivity index (χ4n) is 5.44. The summed E-state index contributed by atoms with van der Waals surface area (Å²) >= 11 is 0. The lowest BCUT2D eigenvalue weighted by Crippen LogP contribution is -2.03. The normalized spacial score (nSPS) is 12.1. The van der Waals surface area contributed by atoms with Crippen LogP contribution in [0.4, 0.5) is 0 Å². The van der Waals surface area contributed by atoms with Crippen LogP contribution >= 0.6 is 0 Å². The molecule has 0 amide bonds. The summed E-state index contributed by atoms with van der Waals surface area (Å²) in [6.45, 7) is 0. The molecule has 0 aliphatic carbocycles. The second-order valence-electron chi connectivity index (χ2n) is 8.89. The molecule has 4 heteroatoms. The van der Waals surface area contributed by atoms with Crippen LogP contribution in [0.5, 0.6) is 0 Å². The van der Waals surface area contributed by atoms with Gasteiger partial charge in [-0.1, -0.05) is 48.5 Å². The Hall–Kier alpha value is -4.83. The SMILES string of the molecule is O=c1c2ccccc2oc2cc(-n3c4ccccc4c4c5oc6ccccc6c5ccc43)ccc12. The number of furan rings is 1. The second-order valence-corrected chi connectivity index (χ2v) is 8.89. The van der Waals surface area contributed by atoms with E-state index in [4.69, 9.17) is 8.83 Å². The first-order chi connectivity index (χ1) is 17.3. The van der Waals surface area contributed by atoms with Crippen molar-refractivity contribution in [2.45, 2.75) is 0 Å². The second kappa shape index (κ2) is 6.61. The largest absolute Gasteiger partial charge is 0.456 e. The Balaban J connectivity index is 1.51. The van der Waals surface area contributed by atoms with Crippen LogP contribution in [0.3, 0.4) is 0 Å². The minimum absolute atomic E-state index is 0.0143.